The molecule has 0 fully saturated rings. The van der Waals surface area contributed by atoms with Gasteiger partial charge in [-0.3, -0.25) is 9.59 Å². The lowest BCUT2D eigenvalue weighted by Crippen LogP contribution is -2.20. The second kappa shape index (κ2) is 5.40. The molecule has 0 saturated carbocycles. The highest BCUT2D eigenvalue weighted by molar-refractivity contribution is 6.28. The van der Waals surface area contributed by atoms with Crippen molar-refractivity contribution in [1.82, 2.24) is 0 Å². The SMILES string of the molecule is CC=O.O=C1c2ccccc2C(=O)c2ccccc21. The highest BCUT2D eigenvalue weighted by atomic mass is 16.1. The van der Waals surface area contributed by atoms with Gasteiger partial charge >= 0.3 is 0 Å². The zero-order chi connectivity index (χ0) is 13.8. The van der Waals surface area contributed by atoms with Gasteiger partial charge in [0.2, 0.25) is 0 Å². The monoisotopic (exact) mass is 252 g/mol. The van der Waals surface area contributed by atoms with Crippen molar-refractivity contribution in [1.29, 1.82) is 0 Å². The van der Waals surface area contributed by atoms with E-state index >= 15 is 0 Å². The zero-order valence-electron chi connectivity index (χ0n) is 10.4. The number of benzene rings is 2. The molecule has 2 aromatic rings. The van der Waals surface area contributed by atoms with Crippen molar-refractivity contribution in [2.75, 3.05) is 0 Å². The van der Waals surface area contributed by atoms with Gasteiger partial charge in [-0.2, -0.15) is 0 Å². The van der Waals surface area contributed by atoms with E-state index < -0.39 is 0 Å². The number of aldehydes is 1. The average molecular weight is 252 g/mol. The third kappa shape index (κ3) is 2.22. The van der Waals surface area contributed by atoms with Crippen molar-refractivity contribution in [3.8, 4) is 0 Å². The van der Waals surface area contributed by atoms with E-state index in [1.807, 2.05) is 0 Å². The molecule has 0 saturated heterocycles. The molecule has 19 heavy (non-hydrogen) atoms. The number of fused-ring (bicyclic) bond motifs is 2. The van der Waals surface area contributed by atoms with Crippen LogP contribution in [0.2, 0.25) is 0 Å². The number of carbonyl (C=O) groups is 3. The molecule has 1 aliphatic carbocycles. The Morgan fingerprint density at radius 1 is 0.684 bits per heavy atom. The molecule has 0 atom stereocenters. The fourth-order valence-corrected chi connectivity index (χ4v) is 2.05. The maximum absolute atomic E-state index is 12.1. The van der Waals surface area contributed by atoms with Crippen molar-refractivity contribution < 1.29 is 14.4 Å². The predicted molar refractivity (Wildman–Crippen MR) is 71.5 cm³/mol. The number of hydrogen-bond acceptors (Lipinski definition) is 3. The molecule has 0 heterocycles. The summed E-state index contributed by atoms with van der Waals surface area (Å²) in [5, 5.41) is 0. The van der Waals surface area contributed by atoms with Crippen LogP contribution in [0, 0.1) is 0 Å². The summed E-state index contributed by atoms with van der Waals surface area (Å²) in [6, 6.07) is 13.9. The summed E-state index contributed by atoms with van der Waals surface area (Å²) >= 11 is 0. The third-order valence-corrected chi connectivity index (χ3v) is 2.83. The van der Waals surface area contributed by atoms with Gasteiger partial charge in [-0.05, 0) is 6.92 Å². The minimum atomic E-state index is -0.0641. The standard InChI is InChI=1S/C14H8O2.C2H4O/c15-13-9-5-1-2-6-10(9)14(16)12-8-4-3-7-11(12)13;1-2-3/h1-8H;2H,1H3. The topological polar surface area (TPSA) is 51.2 Å². The summed E-state index contributed by atoms with van der Waals surface area (Å²) in [5.41, 5.74) is 2.02. The lowest BCUT2D eigenvalue weighted by Gasteiger charge is -2.16. The van der Waals surface area contributed by atoms with E-state index in [2.05, 4.69) is 0 Å². The van der Waals surface area contributed by atoms with Crippen LogP contribution in [0.1, 0.15) is 38.8 Å². The van der Waals surface area contributed by atoms with Gasteiger partial charge in [-0.1, -0.05) is 48.5 Å². The fourth-order valence-electron chi connectivity index (χ4n) is 2.05. The Morgan fingerprint density at radius 2 is 0.895 bits per heavy atom. The van der Waals surface area contributed by atoms with Crippen LogP contribution in [0.3, 0.4) is 0 Å². The van der Waals surface area contributed by atoms with Gasteiger partial charge in [0, 0.05) is 22.3 Å². The predicted octanol–water partition coefficient (Wildman–Crippen LogP) is 2.67. The Bertz CT molecular complexity index is 551. The molecule has 1 aliphatic rings. The minimum absolute atomic E-state index is 0.0641. The smallest absolute Gasteiger partial charge is 0.194 e. The summed E-state index contributed by atoms with van der Waals surface area (Å²) in [7, 11) is 0. The van der Waals surface area contributed by atoms with Gasteiger partial charge in [0.15, 0.2) is 11.6 Å². The summed E-state index contributed by atoms with van der Waals surface area (Å²) in [4.78, 5) is 33.0. The van der Waals surface area contributed by atoms with Crippen LogP contribution in [0.15, 0.2) is 48.5 Å². The van der Waals surface area contributed by atoms with Gasteiger partial charge < -0.3 is 4.79 Å². The summed E-state index contributed by atoms with van der Waals surface area (Å²) < 4.78 is 0. The highest BCUT2D eigenvalue weighted by Crippen LogP contribution is 2.26. The van der Waals surface area contributed by atoms with Crippen molar-refractivity contribution in [3.05, 3.63) is 70.8 Å². The maximum Gasteiger partial charge on any atom is 0.194 e. The number of ketones is 2. The van der Waals surface area contributed by atoms with Crippen LogP contribution in [-0.2, 0) is 4.79 Å². The summed E-state index contributed by atoms with van der Waals surface area (Å²) in [6.07, 6.45) is 0.750. The van der Waals surface area contributed by atoms with E-state index in [-0.39, 0.29) is 11.6 Å². The van der Waals surface area contributed by atoms with Crippen molar-refractivity contribution in [2.24, 2.45) is 0 Å². The molecule has 0 amide bonds. The van der Waals surface area contributed by atoms with Crippen LogP contribution < -0.4 is 0 Å². The summed E-state index contributed by atoms with van der Waals surface area (Å²) in [5.74, 6) is -0.128. The lowest BCUT2D eigenvalue weighted by atomic mass is 9.84. The van der Waals surface area contributed by atoms with Crippen LogP contribution in [-0.4, -0.2) is 17.9 Å². The quantitative estimate of drug-likeness (QED) is 0.578. The third-order valence-electron chi connectivity index (χ3n) is 2.83. The van der Waals surface area contributed by atoms with Crippen LogP contribution >= 0.6 is 0 Å². The zero-order valence-corrected chi connectivity index (χ0v) is 10.4. The van der Waals surface area contributed by atoms with E-state index in [1.165, 1.54) is 6.92 Å². The molecule has 0 spiro atoms. The molecule has 3 nitrogen and oxygen atoms in total. The maximum atomic E-state index is 12.1. The lowest BCUT2D eigenvalue weighted by molar-refractivity contribution is -0.106. The fraction of sp³-hybridized carbons (Fsp3) is 0.0625. The van der Waals surface area contributed by atoms with E-state index in [4.69, 9.17) is 4.79 Å². The first-order valence-electron chi connectivity index (χ1n) is 5.88. The van der Waals surface area contributed by atoms with Gasteiger partial charge in [0.1, 0.15) is 6.29 Å². The average Bonchev–Trinajstić information content (AvgIpc) is 2.46. The minimum Gasteiger partial charge on any atom is -0.304 e. The molecular weight excluding hydrogens is 240 g/mol. The molecule has 0 aliphatic heterocycles. The molecule has 0 bridgehead atoms. The van der Waals surface area contributed by atoms with E-state index in [0.29, 0.717) is 22.3 Å². The van der Waals surface area contributed by atoms with E-state index in [9.17, 15) is 9.59 Å². The Kier molecular flexibility index (Phi) is 3.66. The largest absolute Gasteiger partial charge is 0.304 e. The summed E-state index contributed by atoms with van der Waals surface area (Å²) in [6.45, 7) is 1.44. The van der Waals surface area contributed by atoms with Crippen molar-refractivity contribution >= 4 is 17.9 Å². The molecule has 0 radical (unpaired) electrons. The Balaban J connectivity index is 0.000000408. The van der Waals surface area contributed by atoms with Crippen molar-refractivity contribution in [3.63, 3.8) is 0 Å². The van der Waals surface area contributed by atoms with Gasteiger partial charge in [-0.15, -0.1) is 0 Å². The van der Waals surface area contributed by atoms with Crippen LogP contribution in [0.4, 0.5) is 0 Å². The first kappa shape index (κ1) is 12.9. The Labute approximate surface area is 110 Å². The molecule has 0 N–H and O–H groups in total. The second-order valence-corrected chi connectivity index (χ2v) is 3.99. The van der Waals surface area contributed by atoms with Crippen LogP contribution in [0.25, 0.3) is 0 Å². The Morgan fingerprint density at radius 3 is 1.11 bits per heavy atom. The molecule has 94 valence electrons. The number of hydrogen-bond donors (Lipinski definition) is 0. The molecule has 0 aromatic heterocycles. The first-order valence-corrected chi connectivity index (χ1v) is 5.88. The molecule has 2 aromatic carbocycles. The van der Waals surface area contributed by atoms with Gasteiger partial charge in [0.05, 0.1) is 0 Å². The number of carbonyl (C=O) groups excluding carboxylic acids is 3. The molecular formula is C16H12O3. The van der Waals surface area contributed by atoms with E-state index in [1.54, 1.807) is 48.5 Å². The van der Waals surface area contributed by atoms with Gasteiger partial charge in [0.25, 0.3) is 0 Å². The normalized spacial score (nSPS) is 11.8. The van der Waals surface area contributed by atoms with Gasteiger partial charge in [-0.25, -0.2) is 0 Å². The van der Waals surface area contributed by atoms with E-state index in [0.717, 1.165) is 6.29 Å². The molecule has 3 heteroatoms. The Hall–Kier alpha value is -2.55. The first-order chi connectivity index (χ1) is 9.20. The number of rotatable bonds is 0. The van der Waals surface area contributed by atoms with Crippen molar-refractivity contribution in [2.45, 2.75) is 6.92 Å². The molecule has 0 unspecified atom stereocenters. The highest BCUT2D eigenvalue weighted by Gasteiger charge is 2.28. The second-order valence-electron chi connectivity index (χ2n) is 3.99. The molecule has 3 rings (SSSR count). The van der Waals surface area contributed by atoms with Crippen LogP contribution in [0.5, 0.6) is 0 Å².